The van der Waals surface area contributed by atoms with Crippen molar-refractivity contribution in [3.8, 4) is 0 Å². The zero-order valence-electron chi connectivity index (χ0n) is 16.1. The summed E-state index contributed by atoms with van der Waals surface area (Å²) in [5.74, 6) is 0.855. The number of nitrogens with one attached hydrogen (secondary N) is 3. The first-order chi connectivity index (χ1) is 13.5. The van der Waals surface area contributed by atoms with Gasteiger partial charge in [0, 0.05) is 52.4 Å². The van der Waals surface area contributed by atoms with Crippen LogP contribution in [0.3, 0.4) is 0 Å². The molecule has 0 aromatic carbocycles. The Morgan fingerprint density at radius 1 is 1.25 bits per heavy atom. The molecule has 1 amide bonds. The first kappa shape index (κ1) is 21.0. The van der Waals surface area contributed by atoms with Crippen LogP contribution in [0.2, 0.25) is 0 Å². The van der Waals surface area contributed by atoms with Crippen LogP contribution in [0.25, 0.3) is 0 Å². The average Bonchev–Trinajstić information content (AvgIpc) is 3.30. The van der Waals surface area contributed by atoms with E-state index in [0.717, 1.165) is 45.0 Å². The van der Waals surface area contributed by atoms with E-state index in [0.29, 0.717) is 23.3 Å². The van der Waals surface area contributed by atoms with Crippen molar-refractivity contribution in [3.63, 3.8) is 0 Å². The lowest BCUT2D eigenvalue weighted by molar-refractivity contribution is -0.122. The highest BCUT2D eigenvalue weighted by Gasteiger charge is 2.26. The summed E-state index contributed by atoms with van der Waals surface area (Å²) in [6.07, 6.45) is 2.20. The van der Waals surface area contributed by atoms with Gasteiger partial charge in [-0.05, 0) is 24.3 Å². The summed E-state index contributed by atoms with van der Waals surface area (Å²) in [5.41, 5.74) is 0. The van der Waals surface area contributed by atoms with Crippen molar-refractivity contribution >= 4 is 33.2 Å². The maximum absolute atomic E-state index is 12.1. The van der Waals surface area contributed by atoms with Gasteiger partial charge in [-0.3, -0.25) is 14.7 Å². The van der Waals surface area contributed by atoms with Gasteiger partial charge in [0.15, 0.2) is 5.96 Å². The fourth-order valence-electron chi connectivity index (χ4n) is 3.00. The minimum absolute atomic E-state index is 0.108. The Kier molecular flexibility index (Phi) is 7.27. The Morgan fingerprint density at radius 2 is 2.00 bits per heavy atom. The van der Waals surface area contributed by atoms with Crippen molar-refractivity contribution in [2.24, 2.45) is 4.99 Å². The molecule has 1 aromatic heterocycles. The SMILES string of the molecule is CN=C(NCCNS(=O)(=O)c1cccs1)N1CCN(CC(=O)NC2CC2)CC1. The Balaban J connectivity index is 1.35. The number of rotatable bonds is 8. The van der Waals surface area contributed by atoms with Crippen LogP contribution in [-0.2, 0) is 14.8 Å². The second-order valence-corrected chi connectivity index (χ2v) is 9.85. The normalized spacial score (nSPS) is 18.9. The van der Waals surface area contributed by atoms with Crippen LogP contribution in [0.4, 0.5) is 0 Å². The third-order valence-corrected chi connectivity index (χ3v) is 7.51. The first-order valence-corrected chi connectivity index (χ1v) is 11.8. The minimum Gasteiger partial charge on any atom is -0.355 e. The molecule has 2 heterocycles. The number of carbonyl (C=O) groups is 1. The van der Waals surface area contributed by atoms with Gasteiger partial charge in [0.1, 0.15) is 4.21 Å². The Labute approximate surface area is 170 Å². The second kappa shape index (κ2) is 9.68. The Hall–Kier alpha value is -1.69. The molecular formula is C17H28N6O3S2. The van der Waals surface area contributed by atoms with Crippen molar-refractivity contribution in [2.75, 3.05) is 52.9 Å². The average molecular weight is 429 g/mol. The molecule has 0 radical (unpaired) electrons. The summed E-state index contributed by atoms with van der Waals surface area (Å²) >= 11 is 1.20. The molecule has 1 aliphatic heterocycles. The summed E-state index contributed by atoms with van der Waals surface area (Å²) in [6, 6.07) is 3.70. The van der Waals surface area contributed by atoms with Crippen LogP contribution in [0.15, 0.2) is 26.7 Å². The third-order valence-electron chi connectivity index (χ3n) is 4.65. The lowest BCUT2D eigenvalue weighted by atomic mass is 10.3. The van der Waals surface area contributed by atoms with Gasteiger partial charge in [0.25, 0.3) is 0 Å². The van der Waals surface area contributed by atoms with Gasteiger partial charge in [0.05, 0.1) is 6.54 Å². The van der Waals surface area contributed by atoms with E-state index in [-0.39, 0.29) is 12.5 Å². The number of carbonyl (C=O) groups excluding carboxylic acids is 1. The van der Waals surface area contributed by atoms with Crippen molar-refractivity contribution in [1.82, 2.24) is 25.2 Å². The summed E-state index contributed by atoms with van der Waals surface area (Å²) in [5, 5.41) is 7.96. The minimum atomic E-state index is -3.44. The largest absolute Gasteiger partial charge is 0.355 e. The van der Waals surface area contributed by atoms with Crippen LogP contribution in [0.1, 0.15) is 12.8 Å². The van der Waals surface area contributed by atoms with Crippen molar-refractivity contribution in [2.45, 2.75) is 23.1 Å². The number of hydrogen-bond donors (Lipinski definition) is 3. The zero-order chi connectivity index (χ0) is 20.0. The van der Waals surface area contributed by atoms with Gasteiger partial charge < -0.3 is 15.5 Å². The molecule has 2 fully saturated rings. The molecule has 9 nitrogen and oxygen atoms in total. The predicted octanol–water partition coefficient (Wildman–Crippen LogP) is -0.502. The number of aliphatic imine (C=N–C) groups is 1. The molecule has 0 bridgehead atoms. The number of thiophene rings is 1. The number of hydrogen-bond acceptors (Lipinski definition) is 6. The summed E-state index contributed by atoms with van der Waals surface area (Å²) < 4.78 is 27.1. The molecule has 1 saturated heterocycles. The number of amides is 1. The lowest BCUT2D eigenvalue weighted by Gasteiger charge is -2.36. The van der Waals surface area contributed by atoms with Gasteiger partial charge >= 0.3 is 0 Å². The smallest absolute Gasteiger partial charge is 0.250 e. The van der Waals surface area contributed by atoms with E-state index in [2.05, 4.69) is 30.1 Å². The molecule has 1 saturated carbocycles. The monoisotopic (exact) mass is 428 g/mol. The van der Waals surface area contributed by atoms with Crippen LogP contribution >= 0.6 is 11.3 Å². The van der Waals surface area contributed by atoms with E-state index in [1.165, 1.54) is 11.3 Å². The van der Waals surface area contributed by atoms with Crippen molar-refractivity contribution < 1.29 is 13.2 Å². The molecule has 1 aliphatic carbocycles. The van der Waals surface area contributed by atoms with Crippen molar-refractivity contribution in [1.29, 1.82) is 0 Å². The molecule has 0 unspecified atom stereocenters. The maximum atomic E-state index is 12.1. The second-order valence-electron chi connectivity index (χ2n) is 6.91. The summed E-state index contributed by atoms with van der Waals surface area (Å²) in [6.45, 7) is 4.31. The van der Waals surface area contributed by atoms with E-state index >= 15 is 0 Å². The van der Waals surface area contributed by atoms with Gasteiger partial charge in [-0.1, -0.05) is 6.07 Å². The molecule has 156 valence electrons. The molecule has 3 N–H and O–H groups in total. The number of nitrogens with zero attached hydrogens (tertiary/aromatic N) is 3. The fourth-order valence-corrected chi connectivity index (χ4v) is 5.07. The standard InChI is InChI=1S/C17H28N6O3S2/c1-18-17(19-6-7-20-28(25,26)16-3-2-12-27-16)23-10-8-22(9-11-23)13-15(24)21-14-4-5-14/h2-3,12,14,20H,4-11,13H2,1H3,(H,18,19)(H,21,24). The molecule has 11 heteroatoms. The van der Waals surface area contributed by atoms with Crippen LogP contribution in [0.5, 0.6) is 0 Å². The highest BCUT2D eigenvalue weighted by molar-refractivity contribution is 7.91. The zero-order valence-corrected chi connectivity index (χ0v) is 17.7. The Morgan fingerprint density at radius 3 is 2.61 bits per heavy atom. The molecule has 1 aromatic rings. The quantitative estimate of drug-likeness (QED) is 0.293. The van der Waals surface area contributed by atoms with Crippen molar-refractivity contribution in [3.05, 3.63) is 17.5 Å². The van der Waals surface area contributed by atoms with E-state index < -0.39 is 10.0 Å². The molecular weight excluding hydrogens is 400 g/mol. The highest BCUT2D eigenvalue weighted by Crippen LogP contribution is 2.18. The van der Waals surface area contributed by atoms with Gasteiger partial charge in [-0.15, -0.1) is 11.3 Å². The van der Waals surface area contributed by atoms with Crippen LogP contribution in [-0.4, -0.2) is 89.0 Å². The molecule has 2 aliphatic rings. The fraction of sp³-hybridized carbons (Fsp3) is 0.647. The van der Waals surface area contributed by atoms with E-state index in [1.807, 2.05) is 0 Å². The molecule has 28 heavy (non-hydrogen) atoms. The summed E-state index contributed by atoms with van der Waals surface area (Å²) in [7, 11) is -1.72. The third kappa shape index (κ3) is 6.16. The number of sulfonamides is 1. The van der Waals surface area contributed by atoms with Crippen LogP contribution in [0, 0.1) is 0 Å². The summed E-state index contributed by atoms with van der Waals surface area (Å²) in [4.78, 5) is 20.5. The van der Waals surface area contributed by atoms with E-state index in [1.54, 1.807) is 24.6 Å². The maximum Gasteiger partial charge on any atom is 0.250 e. The van der Waals surface area contributed by atoms with E-state index in [4.69, 9.17) is 0 Å². The molecule has 0 atom stereocenters. The van der Waals surface area contributed by atoms with Gasteiger partial charge in [0.2, 0.25) is 15.9 Å². The number of piperazine rings is 1. The number of guanidine groups is 1. The van der Waals surface area contributed by atoms with E-state index in [9.17, 15) is 13.2 Å². The Bertz CT molecular complexity index is 769. The molecule has 0 spiro atoms. The first-order valence-electron chi connectivity index (χ1n) is 9.48. The predicted molar refractivity (Wildman–Crippen MR) is 110 cm³/mol. The van der Waals surface area contributed by atoms with Gasteiger partial charge in [-0.2, -0.15) is 0 Å². The topological polar surface area (TPSA) is 106 Å². The highest BCUT2D eigenvalue weighted by atomic mass is 32.2. The molecule has 3 rings (SSSR count). The van der Waals surface area contributed by atoms with Gasteiger partial charge in [-0.25, -0.2) is 13.1 Å². The van der Waals surface area contributed by atoms with Crippen LogP contribution < -0.4 is 15.4 Å². The lowest BCUT2D eigenvalue weighted by Crippen LogP contribution is -2.54.